The summed E-state index contributed by atoms with van der Waals surface area (Å²) in [6, 6.07) is 4.68. The van der Waals surface area contributed by atoms with Gasteiger partial charge in [-0.1, -0.05) is 6.92 Å². The summed E-state index contributed by atoms with van der Waals surface area (Å²) in [5.74, 6) is 0. The molecule has 2 heterocycles. The molecule has 1 aliphatic heterocycles. The molecule has 1 aromatic heterocycles. The second-order valence-electron chi connectivity index (χ2n) is 4.30. The van der Waals surface area contributed by atoms with Crippen LogP contribution < -0.4 is 5.73 Å². The Kier molecular flexibility index (Phi) is 8.43. The Morgan fingerprint density at radius 3 is 2.53 bits per heavy atom. The number of halogens is 2. The Labute approximate surface area is 120 Å². The van der Waals surface area contributed by atoms with Gasteiger partial charge in [0.2, 0.25) is 0 Å². The lowest BCUT2D eigenvalue weighted by Gasteiger charge is -2.12. The van der Waals surface area contributed by atoms with Crippen LogP contribution in [-0.4, -0.2) is 18.0 Å². The number of hydrogen-bond acceptors (Lipinski definition) is 3. The number of nitrogens with two attached hydrogens (primary N) is 1. The Hall–Kier alpha value is 0.200. The van der Waals surface area contributed by atoms with Crippen molar-refractivity contribution < 1.29 is 0 Å². The van der Waals surface area contributed by atoms with Crippen LogP contribution in [-0.2, 0) is 6.54 Å². The molecule has 17 heavy (non-hydrogen) atoms. The minimum atomic E-state index is 0. The van der Waals surface area contributed by atoms with E-state index in [2.05, 4.69) is 24.0 Å². The van der Waals surface area contributed by atoms with Gasteiger partial charge in [0.15, 0.2) is 0 Å². The van der Waals surface area contributed by atoms with E-state index < -0.39 is 0 Å². The van der Waals surface area contributed by atoms with Crippen LogP contribution in [0.2, 0.25) is 0 Å². The first-order chi connectivity index (χ1) is 7.29. The number of hydrogen-bond donors (Lipinski definition) is 1. The van der Waals surface area contributed by atoms with Crippen molar-refractivity contribution in [2.45, 2.75) is 38.8 Å². The summed E-state index contributed by atoms with van der Waals surface area (Å²) >= 11 is 1.89. The third kappa shape index (κ3) is 4.76. The molecule has 0 spiro atoms. The monoisotopic (exact) mass is 296 g/mol. The number of likely N-dealkylation sites (tertiary alicyclic amines) is 1. The lowest BCUT2D eigenvalue weighted by atomic mass is 10.2. The Morgan fingerprint density at radius 2 is 1.94 bits per heavy atom. The van der Waals surface area contributed by atoms with Gasteiger partial charge in [0.05, 0.1) is 0 Å². The molecular formula is C12H22Cl2N2S. The predicted molar refractivity (Wildman–Crippen MR) is 80.5 cm³/mol. The lowest BCUT2D eigenvalue weighted by molar-refractivity contribution is 0.334. The summed E-state index contributed by atoms with van der Waals surface area (Å²) in [7, 11) is 0. The number of rotatable bonds is 4. The Bertz CT molecular complexity index is 311. The maximum absolute atomic E-state index is 6.01. The fourth-order valence-electron chi connectivity index (χ4n) is 2.04. The zero-order valence-electron chi connectivity index (χ0n) is 10.2. The molecule has 0 saturated carbocycles. The SMILES string of the molecule is CCC(N)c1ccc(CN2CCCC2)s1.Cl.Cl. The first kappa shape index (κ1) is 17.2. The fourth-order valence-corrected chi connectivity index (χ4v) is 3.18. The molecule has 0 amide bonds. The van der Waals surface area contributed by atoms with Gasteiger partial charge < -0.3 is 5.73 Å². The van der Waals surface area contributed by atoms with Crippen molar-refractivity contribution in [3.63, 3.8) is 0 Å². The smallest absolute Gasteiger partial charge is 0.0387 e. The van der Waals surface area contributed by atoms with Gasteiger partial charge in [-0.15, -0.1) is 36.2 Å². The average molecular weight is 297 g/mol. The van der Waals surface area contributed by atoms with Crippen LogP contribution in [0.1, 0.15) is 42.0 Å². The zero-order chi connectivity index (χ0) is 10.7. The van der Waals surface area contributed by atoms with E-state index in [-0.39, 0.29) is 30.9 Å². The van der Waals surface area contributed by atoms with Crippen molar-refractivity contribution in [2.75, 3.05) is 13.1 Å². The third-order valence-corrected chi connectivity index (χ3v) is 4.27. The normalized spacial score (nSPS) is 17.3. The molecule has 1 atom stereocenters. The van der Waals surface area contributed by atoms with Crippen molar-refractivity contribution in [2.24, 2.45) is 5.73 Å². The van der Waals surface area contributed by atoms with E-state index >= 15 is 0 Å². The number of thiophene rings is 1. The molecular weight excluding hydrogens is 275 g/mol. The molecule has 2 nitrogen and oxygen atoms in total. The third-order valence-electron chi connectivity index (χ3n) is 3.07. The van der Waals surface area contributed by atoms with Gasteiger partial charge in [-0.05, 0) is 44.5 Å². The summed E-state index contributed by atoms with van der Waals surface area (Å²) in [6.07, 6.45) is 3.77. The Morgan fingerprint density at radius 1 is 1.29 bits per heavy atom. The van der Waals surface area contributed by atoms with Crippen molar-refractivity contribution >= 4 is 36.2 Å². The molecule has 2 N–H and O–H groups in total. The summed E-state index contributed by atoms with van der Waals surface area (Å²) in [5, 5.41) is 0. The van der Waals surface area contributed by atoms with E-state index in [1.165, 1.54) is 35.7 Å². The molecule has 0 radical (unpaired) electrons. The molecule has 1 saturated heterocycles. The highest BCUT2D eigenvalue weighted by atomic mass is 35.5. The molecule has 1 fully saturated rings. The van der Waals surface area contributed by atoms with E-state index in [1.54, 1.807) is 0 Å². The van der Waals surface area contributed by atoms with Crippen LogP contribution in [0.15, 0.2) is 12.1 Å². The van der Waals surface area contributed by atoms with E-state index in [9.17, 15) is 0 Å². The van der Waals surface area contributed by atoms with Crippen molar-refractivity contribution in [1.82, 2.24) is 4.90 Å². The molecule has 5 heteroatoms. The summed E-state index contributed by atoms with van der Waals surface area (Å²) in [4.78, 5) is 5.34. The fraction of sp³-hybridized carbons (Fsp3) is 0.667. The van der Waals surface area contributed by atoms with Crippen LogP contribution in [0.3, 0.4) is 0 Å². The topological polar surface area (TPSA) is 29.3 Å². The van der Waals surface area contributed by atoms with Crippen molar-refractivity contribution in [3.8, 4) is 0 Å². The highest BCUT2D eigenvalue weighted by Crippen LogP contribution is 2.25. The Balaban J connectivity index is 0.00000128. The van der Waals surface area contributed by atoms with Crippen LogP contribution in [0, 0.1) is 0 Å². The summed E-state index contributed by atoms with van der Waals surface area (Å²) in [5.41, 5.74) is 6.01. The van der Waals surface area contributed by atoms with Gasteiger partial charge >= 0.3 is 0 Å². The van der Waals surface area contributed by atoms with Gasteiger partial charge in [0.1, 0.15) is 0 Å². The second kappa shape index (κ2) is 8.33. The highest BCUT2D eigenvalue weighted by molar-refractivity contribution is 7.12. The molecule has 0 aliphatic carbocycles. The standard InChI is InChI=1S/C12H20N2S.2ClH/c1-2-11(13)12-6-5-10(15-12)9-14-7-3-4-8-14;;/h5-6,11H,2-4,7-9,13H2,1H3;2*1H. The van der Waals surface area contributed by atoms with Crippen molar-refractivity contribution in [3.05, 3.63) is 21.9 Å². The maximum Gasteiger partial charge on any atom is 0.0387 e. The van der Waals surface area contributed by atoms with Gasteiger partial charge in [-0.25, -0.2) is 0 Å². The van der Waals surface area contributed by atoms with Crippen LogP contribution >= 0.6 is 36.2 Å². The average Bonchev–Trinajstić information content (AvgIpc) is 2.88. The molecule has 1 aromatic rings. The largest absolute Gasteiger partial charge is 0.323 e. The van der Waals surface area contributed by atoms with E-state index in [1.807, 2.05) is 11.3 Å². The summed E-state index contributed by atoms with van der Waals surface area (Å²) < 4.78 is 0. The van der Waals surface area contributed by atoms with Gasteiger partial charge in [-0.2, -0.15) is 0 Å². The second-order valence-corrected chi connectivity index (χ2v) is 5.50. The van der Waals surface area contributed by atoms with Gasteiger partial charge in [0, 0.05) is 22.3 Å². The van der Waals surface area contributed by atoms with Crippen molar-refractivity contribution in [1.29, 1.82) is 0 Å². The van der Waals surface area contributed by atoms with Crippen LogP contribution in [0.25, 0.3) is 0 Å². The minimum Gasteiger partial charge on any atom is -0.323 e. The molecule has 0 aromatic carbocycles. The zero-order valence-corrected chi connectivity index (χ0v) is 12.7. The van der Waals surface area contributed by atoms with Gasteiger partial charge in [-0.3, -0.25) is 4.90 Å². The molecule has 2 rings (SSSR count). The first-order valence-corrected chi connectivity index (χ1v) is 6.68. The molecule has 1 unspecified atom stereocenters. The quantitative estimate of drug-likeness (QED) is 0.920. The van der Waals surface area contributed by atoms with Gasteiger partial charge in [0.25, 0.3) is 0 Å². The van der Waals surface area contributed by atoms with Crippen LogP contribution in [0.5, 0.6) is 0 Å². The maximum atomic E-state index is 6.01. The van der Waals surface area contributed by atoms with Crippen LogP contribution in [0.4, 0.5) is 0 Å². The van der Waals surface area contributed by atoms with E-state index in [0.29, 0.717) is 0 Å². The summed E-state index contributed by atoms with van der Waals surface area (Å²) in [6.45, 7) is 5.81. The predicted octanol–water partition coefficient (Wildman–Crippen LogP) is 3.60. The lowest BCUT2D eigenvalue weighted by Crippen LogP contribution is -2.17. The molecule has 1 aliphatic rings. The first-order valence-electron chi connectivity index (χ1n) is 5.86. The van der Waals surface area contributed by atoms with E-state index in [0.717, 1.165) is 13.0 Å². The molecule has 100 valence electrons. The minimum absolute atomic E-state index is 0. The number of nitrogens with zero attached hydrogens (tertiary/aromatic N) is 1. The molecule has 0 bridgehead atoms. The van der Waals surface area contributed by atoms with E-state index in [4.69, 9.17) is 5.73 Å². The highest BCUT2D eigenvalue weighted by Gasteiger charge is 2.13.